The molecule has 2 heterocycles. The monoisotopic (exact) mass is 387 g/mol. The van der Waals surface area contributed by atoms with E-state index in [9.17, 15) is 9.59 Å². The van der Waals surface area contributed by atoms with Gasteiger partial charge in [0.05, 0.1) is 18.0 Å². The number of nitrogens with zero attached hydrogens (tertiary/aromatic N) is 1. The summed E-state index contributed by atoms with van der Waals surface area (Å²) in [5, 5.41) is 5.35. The first-order valence-electron chi connectivity index (χ1n) is 9.34. The van der Waals surface area contributed by atoms with Gasteiger partial charge in [-0.1, -0.05) is 19.3 Å². The number of amides is 2. The molecule has 2 aromatic rings. The Morgan fingerprint density at radius 2 is 2.04 bits per heavy atom. The van der Waals surface area contributed by atoms with Crippen molar-refractivity contribution in [2.45, 2.75) is 39.0 Å². The van der Waals surface area contributed by atoms with Crippen LogP contribution in [0.5, 0.6) is 5.75 Å². The van der Waals surface area contributed by atoms with E-state index in [0.717, 1.165) is 4.88 Å². The Morgan fingerprint density at radius 3 is 2.78 bits per heavy atom. The minimum atomic E-state index is -0.335. The van der Waals surface area contributed by atoms with Crippen molar-refractivity contribution in [1.29, 1.82) is 0 Å². The van der Waals surface area contributed by atoms with E-state index in [2.05, 4.69) is 15.6 Å². The minimum absolute atomic E-state index is 0.117. The highest BCUT2D eigenvalue weighted by Gasteiger charge is 2.16. The zero-order chi connectivity index (χ0) is 19.1. The summed E-state index contributed by atoms with van der Waals surface area (Å²) in [4.78, 5) is 30.1. The second kappa shape index (κ2) is 9.50. The fourth-order valence-corrected chi connectivity index (χ4v) is 3.93. The summed E-state index contributed by atoms with van der Waals surface area (Å²) in [6.07, 6.45) is 7.81. The molecule has 2 N–H and O–H groups in total. The second-order valence-corrected chi connectivity index (χ2v) is 8.09. The normalized spacial score (nSPS) is 14.6. The van der Waals surface area contributed by atoms with Gasteiger partial charge in [0.1, 0.15) is 0 Å². The number of hydrogen-bond acceptors (Lipinski definition) is 5. The first-order chi connectivity index (χ1) is 13.1. The van der Waals surface area contributed by atoms with Crippen LogP contribution >= 0.6 is 11.3 Å². The van der Waals surface area contributed by atoms with Gasteiger partial charge in [-0.05, 0) is 49.9 Å². The van der Waals surface area contributed by atoms with E-state index in [1.165, 1.54) is 43.4 Å². The number of carbonyl (C=O) groups is 2. The number of pyridine rings is 1. The van der Waals surface area contributed by atoms with Crippen LogP contribution in [0.25, 0.3) is 0 Å². The molecule has 7 heteroatoms. The van der Waals surface area contributed by atoms with Crippen LogP contribution in [-0.4, -0.2) is 29.9 Å². The minimum Gasteiger partial charge on any atom is -0.489 e. The van der Waals surface area contributed by atoms with E-state index in [1.54, 1.807) is 24.4 Å². The standard InChI is InChI=1S/C20H25N3O3S/c1-14-9-10-17(27-14)20(25)22-12-18(24)23-19-16(8-5-11-21-19)26-13-15-6-3-2-4-7-15/h5,8-11,15H,2-4,6-7,12-13H2,1H3,(H,22,25)(H,21,23,24). The summed E-state index contributed by atoms with van der Waals surface area (Å²) >= 11 is 1.40. The molecular weight excluding hydrogens is 362 g/mol. The first-order valence-corrected chi connectivity index (χ1v) is 10.2. The highest BCUT2D eigenvalue weighted by molar-refractivity contribution is 7.13. The molecule has 27 heavy (non-hydrogen) atoms. The molecule has 0 radical (unpaired) electrons. The van der Waals surface area contributed by atoms with E-state index < -0.39 is 0 Å². The molecular formula is C20H25N3O3S. The lowest BCUT2D eigenvalue weighted by atomic mass is 9.90. The van der Waals surface area contributed by atoms with Crippen LogP contribution in [0, 0.1) is 12.8 Å². The quantitative estimate of drug-likeness (QED) is 0.758. The van der Waals surface area contributed by atoms with Crippen molar-refractivity contribution < 1.29 is 14.3 Å². The summed E-state index contributed by atoms with van der Waals surface area (Å²) in [6.45, 7) is 2.46. The summed E-state index contributed by atoms with van der Waals surface area (Å²) in [5.41, 5.74) is 0. The van der Waals surface area contributed by atoms with Crippen LogP contribution in [0.2, 0.25) is 0 Å². The molecule has 144 valence electrons. The number of aromatic nitrogens is 1. The van der Waals surface area contributed by atoms with Gasteiger partial charge in [0, 0.05) is 11.1 Å². The third-order valence-corrected chi connectivity index (χ3v) is 5.60. The molecule has 2 amide bonds. The predicted molar refractivity (Wildman–Crippen MR) is 106 cm³/mol. The summed E-state index contributed by atoms with van der Waals surface area (Å²) in [6, 6.07) is 7.22. The zero-order valence-corrected chi connectivity index (χ0v) is 16.3. The van der Waals surface area contributed by atoms with Crippen molar-refractivity contribution in [2.75, 3.05) is 18.5 Å². The molecule has 1 saturated carbocycles. The van der Waals surface area contributed by atoms with Crippen molar-refractivity contribution in [3.8, 4) is 5.75 Å². The fourth-order valence-electron chi connectivity index (χ4n) is 3.14. The van der Waals surface area contributed by atoms with Gasteiger partial charge in [-0.15, -0.1) is 11.3 Å². The Hall–Kier alpha value is -2.41. The SMILES string of the molecule is Cc1ccc(C(=O)NCC(=O)Nc2ncccc2OCC2CCCCC2)s1. The highest BCUT2D eigenvalue weighted by atomic mass is 32.1. The molecule has 0 aromatic carbocycles. The Morgan fingerprint density at radius 1 is 1.22 bits per heavy atom. The van der Waals surface area contributed by atoms with Gasteiger partial charge in [-0.3, -0.25) is 9.59 Å². The van der Waals surface area contributed by atoms with E-state index in [4.69, 9.17) is 4.74 Å². The van der Waals surface area contributed by atoms with Gasteiger partial charge < -0.3 is 15.4 Å². The lowest BCUT2D eigenvalue weighted by Crippen LogP contribution is -2.32. The number of carbonyl (C=O) groups excluding carboxylic acids is 2. The Kier molecular flexibility index (Phi) is 6.81. The van der Waals surface area contributed by atoms with E-state index >= 15 is 0 Å². The van der Waals surface area contributed by atoms with Crippen molar-refractivity contribution in [1.82, 2.24) is 10.3 Å². The fraction of sp³-hybridized carbons (Fsp3) is 0.450. The van der Waals surface area contributed by atoms with Crippen LogP contribution in [0.1, 0.15) is 46.7 Å². The van der Waals surface area contributed by atoms with Crippen molar-refractivity contribution >= 4 is 29.0 Å². The number of rotatable bonds is 7. The van der Waals surface area contributed by atoms with Gasteiger partial charge in [0.15, 0.2) is 11.6 Å². The molecule has 2 aromatic heterocycles. The van der Waals surface area contributed by atoms with Crippen LogP contribution in [0.4, 0.5) is 5.82 Å². The van der Waals surface area contributed by atoms with Crippen LogP contribution < -0.4 is 15.4 Å². The molecule has 0 saturated heterocycles. The Balaban J connectivity index is 1.50. The van der Waals surface area contributed by atoms with Gasteiger partial charge >= 0.3 is 0 Å². The molecule has 0 spiro atoms. The van der Waals surface area contributed by atoms with Crippen LogP contribution in [-0.2, 0) is 4.79 Å². The zero-order valence-electron chi connectivity index (χ0n) is 15.5. The van der Waals surface area contributed by atoms with Gasteiger partial charge in [0.25, 0.3) is 5.91 Å². The third kappa shape index (κ3) is 5.79. The summed E-state index contributed by atoms with van der Waals surface area (Å²) < 4.78 is 5.91. The average Bonchev–Trinajstić information content (AvgIpc) is 3.13. The van der Waals surface area contributed by atoms with Crippen LogP contribution in [0.3, 0.4) is 0 Å². The third-order valence-electron chi connectivity index (χ3n) is 4.60. The van der Waals surface area contributed by atoms with Crippen molar-refractivity contribution in [3.63, 3.8) is 0 Å². The maximum absolute atomic E-state index is 12.2. The number of thiophene rings is 1. The van der Waals surface area contributed by atoms with E-state index in [-0.39, 0.29) is 18.4 Å². The summed E-state index contributed by atoms with van der Waals surface area (Å²) in [7, 11) is 0. The lowest BCUT2D eigenvalue weighted by molar-refractivity contribution is -0.115. The molecule has 1 aliphatic carbocycles. The predicted octanol–water partition coefficient (Wildman–Crippen LogP) is 3.78. The lowest BCUT2D eigenvalue weighted by Gasteiger charge is -2.22. The van der Waals surface area contributed by atoms with Gasteiger partial charge in [0.2, 0.25) is 5.91 Å². The summed E-state index contributed by atoms with van der Waals surface area (Å²) in [5.74, 6) is 0.933. The molecule has 0 atom stereocenters. The maximum atomic E-state index is 12.2. The molecule has 3 rings (SSSR count). The van der Waals surface area contributed by atoms with Gasteiger partial charge in [-0.2, -0.15) is 0 Å². The number of anilines is 1. The van der Waals surface area contributed by atoms with Crippen LogP contribution in [0.15, 0.2) is 30.5 Å². The van der Waals surface area contributed by atoms with E-state index in [0.29, 0.717) is 29.0 Å². The van der Waals surface area contributed by atoms with Crippen molar-refractivity contribution in [2.24, 2.45) is 5.92 Å². The molecule has 1 aliphatic rings. The Bertz CT molecular complexity index is 784. The molecule has 6 nitrogen and oxygen atoms in total. The molecule has 0 unspecified atom stereocenters. The highest BCUT2D eigenvalue weighted by Crippen LogP contribution is 2.27. The van der Waals surface area contributed by atoms with Gasteiger partial charge in [-0.25, -0.2) is 4.98 Å². The molecule has 1 fully saturated rings. The smallest absolute Gasteiger partial charge is 0.261 e. The number of nitrogens with one attached hydrogen (secondary N) is 2. The first kappa shape index (κ1) is 19.4. The van der Waals surface area contributed by atoms with E-state index in [1.807, 2.05) is 13.0 Å². The number of hydrogen-bond donors (Lipinski definition) is 2. The second-order valence-electron chi connectivity index (χ2n) is 6.81. The molecule has 0 bridgehead atoms. The topological polar surface area (TPSA) is 80.3 Å². The largest absolute Gasteiger partial charge is 0.489 e. The number of aryl methyl sites for hydroxylation is 1. The van der Waals surface area contributed by atoms with Crippen molar-refractivity contribution in [3.05, 3.63) is 40.2 Å². The maximum Gasteiger partial charge on any atom is 0.261 e. The number of ether oxygens (including phenoxy) is 1. The molecule has 0 aliphatic heterocycles. The average molecular weight is 388 g/mol. The Labute approximate surface area is 163 Å².